The number of Topliss-reactive ketones (excluding diaryl/α,β-unsaturated/α-hetero) is 2. The smallest absolute Gasteiger partial charge is 0.140 e. The molecular formula is C15H18O3S. The van der Waals surface area contributed by atoms with Crippen molar-refractivity contribution in [1.82, 2.24) is 0 Å². The number of ketones is 2. The lowest BCUT2D eigenvalue weighted by atomic mass is 9.86. The molecular weight excluding hydrogens is 260 g/mol. The van der Waals surface area contributed by atoms with Crippen molar-refractivity contribution in [1.29, 1.82) is 0 Å². The van der Waals surface area contributed by atoms with Crippen molar-refractivity contribution in [3.63, 3.8) is 0 Å². The second-order valence-corrected chi connectivity index (χ2v) is 6.01. The van der Waals surface area contributed by atoms with Gasteiger partial charge < -0.3 is 4.74 Å². The molecule has 0 unspecified atom stereocenters. The summed E-state index contributed by atoms with van der Waals surface area (Å²) in [5, 5.41) is 0. The molecule has 19 heavy (non-hydrogen) atoms. The predicted octanol–water partition coefficient (Wildman–Crippen LogP) is 3.12. The van der Waals surface area contributed by atoms with Gasteiger partial charge in [-0.15, -0.1) is 11.8 Å². The Balaban J connectivity index is 1.76. The van der Waals surface area contributed by atoms with Crippen LogP contribution >= 0.6 is 11.8 Å². The van der Waals surface area contributed by atoms with Crippen molar-refractivity contribution in [2.45, 2.75) is 30.6 Å². The highest BCUT2D eigenvalue weighted by molar-refractivity contribution is 7.99. The second-order valence-electron chi connectivity index (χ2n) is 4.84. The fourth-order valence-electron chi connectivity index (χ4n) is 2.30. The number of rotatable bonds is 5. The van der Waals surface area contributed by atoms with Gasteiger partial charge in [-0.25, -0.2) is 0 Å². The van der Waals surface area contributed by atoms with Gasteiger partial charge in [0.05, 0.1) is 13.5 Å². The summed E-state index contributed by atoms with van der Waals surface area (Å²) in [5.41, 5.74) is 0. The third-order valence-corrected chi connectivity index (χ3v) is 4.33. The summed E-state index contributed by atoms with van der Waals surface area (Å²) < 4.78 is 5.11. The third kappa shape index (κ3) is 4.39. The van der Waals surface area contributed by atoms with Crippen molar-refractivity contribution in [2.75, 3.05) is 12.9 Å². The number of carbonyl (C=O) groups excluding carboxylic acids is 2. The van der Waals surface area contributed by atoms with Crippen LogP contribution in [0.2, 0.25) is 0 Å². The van der Waals surface area contributed by atoms with Crippen LogP contribution in [0.1, 0.15) is 25.7 Å². The van der Waals surface area contributed by atoms with Crippen LogP contribution in [0, 0.1) is 5.92 Å². The van der Waals surface area contributed by atoms with Crippen molar-refractivity contribution >= 4 is 23.3 Å². The van der Waals surface area contributed by atoms with Gasteiger partial charge in [0.15, 0.2) is 0 Å². The summed E-state index contributed by atoms with van der Waals surface area (Å²) in [6.45, 7) is 0. The molecule has 0 radical (unpaired) electrons. The van der Waals surface area contributed by atoms with Gasteiger partial charge >= 0.3 is 0 Å². The first-order valence-corrected chi connectivity index (χ1v) is 7.46. The summed E-state index contributed by atoms with van der Waals surface area (Å²) in [6, 6.07) is 7.94. The van der Waals surface area contributed by atoms with Crippen molar-refractivity contribution in [2.24, 2.45) is 5.92 Å². The molecule has 2 rings (SSSR count). The molecule has 0 aromatic heterocycles. The van der Waals surface area contributed by atoms with Crippen LogP contribution in [-0.4, -0.2) is 24.4 Å². The lowest BCUT2D eigenvalue weighted by Gasteiger charge is -2.19. The fraction of sp³-hybridized carbons (Fsp3) is 0.467. The van der Waals surface area contributed by atoms with E-state index in [0.29, 0.717) is 12.8 Å². The van der Waals surface area contributed by atoms with E-state index in [1.165, 1.54) is 4.90 Å². The van der Waals surface area contributed by atoms with Crippen molar-refractivity contribution < 1.29 is 14.3 Å². The summed E-state index contributed by atoms with van der Waals surface area (Å²) in [4.78, 5) is 23.9. The summed E-state index contributed by atoms with van der Waals surface area (Å²) in [5.74, 6) is 2.26. The largest absolute Gasteiger partial charge is 0.497 e. The van der Waals surface area contributed by atoms with Gasteiger partial charge in [0.1, 0.15) is 17.3 Å². The van der Waals surface area contributed by atoms with E-state index in [-0.39, 0.29) is 23.9 Å². The van der Waals surface area contributed by atoms with Crippen LogP contribution in [0.5, 0.6) is 5.75 Å². The van der Waals surface area contributed by atoms with E-state index in [1.807, 2.05) is 24.3 Å². The molecule has 0 atom stereocenters. The van der Waals surface area contributed by atoms with Gasteiger partial charge in [-0.05, 0) is 42.4 Å². The number of benzene rings is 1. The SMILES string of the molecule is COc1ccc(SCCC2CC(=O)CC(=O)C2)cc1. The summed E-state index contributed by atoms with van der Waals surface area (Å²) in [6.07, 6.45) is 2.24. The molecule has 1 saturated carbocycles. The van der Waals surface area contributed by atoms with Crippen LogP contribution in [0.15, 0.2) is 29.2 Å². The first-order chi connectivity index (χ1) is 9.17. The Morgan fingerprint density at radius 2 is 1.79 bits per heavy atom. The Bertz CT molecular complexity index is 437. The number of hydrogen-bond donors (Lipinski definition) is 0. The number of carbonyl (C=O) groups is 2. The molecule has 1 aromatic rings. The second kappa shape index (κ2) is 6.75. The normalized spacial score (nSPS) is 16.7. The minimum absolute atomic E-state index is 0.107. The molecule has 0 amide bonds. The van der Waals surface area contributed by atoms with E-state index >= 15 is 0 Å². The van der Waals surface area contributed by atoms with E-state index in [1.54, 1.807) is 18.9 Å². The topological polar surface area (TPSA) is 43.4 Å². The molecule has 1 aliphatic carbocycles. The number of thioether (sulfide) groups is 1. The Hall–Kier alpha value is -1.29. The van der Waals surface area contributed by atoms with E-state index < -0.39 is 0 Å². The number of hydrogen-bond acceptors (Lipinski definition) is 4. The highest BCUT2D eigenvalue weighted by atomic mass is 32.2. The Labute approximate surface area is 117 Å². The van der Waals surface area contributed by atoms with Crippen LogP contribution in [-0.2, 0) is 9.59 Å². The van der Waals surface area contributed by atoms with Crippen molar-refractivity contribution in [3.8, 4) is 5.75 Å². The Morgan fingerprint density at radius 1 is 1.16 bits per heavy atom. The minimum Gasteiger partial charge on any atom is -0.497 e. The van der Waals surface area contributed by atoms with Crippen LogP contribution in [0.4, 0.5) is 0 Å². The Kier molecular flexibility index (Phi) is 5.02. The predicted molar refractivity (Wildman–Crippen MR) is 75.7 cm³/mol. The minimum atomic E-state index is 0.107. The van der Waals surface area contributed by atoms with Crippen LogP contribution < -0.4 is 4.74 Å². The molecule has 1 aliphatic rings. The van der Waals surface area contributed by atoms with Gasteiger partial charge in [0, 0.05) is 17.7 Å². The third-order valence-electron chi connectivity index (χ3n) is 3.28. The molecule has 0 saturated heterocycles. The van der Waals surface area contributed by atoms with Gasteiger partial charge in [0.2, 0.25) is 0 Å². The monoisotopic (exact) mass is 278 g/mol. The molecule has 0 heterocycles. The van der Waals surface area contributed by atoms with Gasteiger partial charge in [0.25, 0.3) is 0 Å². The lowest BCUT2D eigenvalue weighted by molar-refractivity contribution is -0.131. The number of methoxy groups -OCH3 is 1. The first kappa shape index (κ1) is 14.1. The standard InChI is InChI=1S/C15H18O3S/c1-18-14-2-4-15(5-3-14)19-7-6-11-8-12(16)10-13(17)9-11/h2-5,11H,6-10H2,1H3. The van der Waals surface area contributed by atoms with Crippen molar-refractivity contribution in [3.05, 3.63) is 24.3 Å². The van der Waals surface area contributed by atoms with E-state index in [4.69, 9.17) is 4.74 Å². The highest BCUT2D eigenvalue weighted by Crippen LogP contribution is 2.27. The molecule has 0 bridgehead atoms. The molecule has 0 spiro atoms. The van der Waals surface area contributed by atoms with E-state index in [2.05, 4.69) is 0 Å². The van der Waals surface area contributed by atoms with Crippen LogP contribution in [0.25, 0.3) is 0 Å². The molecule has 0 N–H and O–H groups in total. The zero-order chi connectivity index (χ0) is 13.7. The highest BCUT2D eigenvalue weighted by Gasteiger charge is 2.24. The average molecular weight is 278 g/mol. The number of ether oxygens (including phenoxy) is 1. The molecule has 102 valence electrons. The van der Waals surface area contributed by atoms with Gasteiger partial charge in [-0.1, -0.05) is 0 Å². The van der Waals surface area contributed by atoms with Gasteiger partial charge in [-0.3, -0.25) is 9.59 Å². The van der Waals surface area contributed by atoms with E-state index in [0.717, 1.165) is 17.9 Å². The molecule has 1 fully saturated rings. The summed E-state index contributed by atoms with van der Waals surface area (Å²) in [7, 11) is 1.65. The zero-order valence-electron chi connectivity index (χ0n) is 11.1. The molecule has 4 heteroatoms. The molecule has 0 aliphatic heterocycles. The zero-order valence-corrected chi connectivity index (χ0v) is 11.9. The lowest BCUT2D eigenvalue weighted by Crippen LogP contribution is -2.22. The first-order valence-electron chi connectivity index (χ1n) is 6.47. The summed E-state index contributed by atoms with van der Waals surface area (Å²) >= 11 is 1.76. The average Bonchev–Trinajstić information content (AvgIpc) is 2.38. The molecule has 3 nitrogen and oxygen atoms in total. The maximum atomic E-state index is 11.3. The van der Waals surface area contributed by atoms with Gasteiger partial charge in [-0.2, -0.15) is 0 Å². The fourth-order valence-corrected chi connectivity index (χ4v) is 3.32. The van der Waals surface area contributed by atoms with Crippen LogP contribution in [0.3, 0.4) is 0 Å². The quantitative estimate of drug-likeness (QED) is 0.613. The van der Waals surface area contributed by atoms with E-state index in [9.17, 15) is 9.59 Å². The molecule has 1 aromatic carbocycles. The Morgan fingerprint density at radius 3 is 2.37 bits per heavy atom. The maximum absolute atomic E-state index is 11.3. The maximum Gasteiger partial charge on any atom is 0.140 e.